The Morgan fingerprint density at radius 2 is 0.934 bits per heavy atom. The molecule has 0 saturated heterocycles. The van der Waals surface area contributed by atoms with Crippen LogP contribution in [-0.2, 0) is 12.8 Å². The highest BCUT2D eigenvalue weighted by atomic mass is 16.4. The number of anilines is 3. The van der Waals surface area contributed by atoms with Crippen LogP contribution in [0.15, 0.2) is 133 Å². The van der Waals surface area contributed by atoms with Gasteiger partial charge in [0.15, 0.2) is 0 Å². The Kier molecular flexibility index (Phi) is 15.4. The Labute approximate surface area is 448 Å². The second-order valence-electron chi connectivity index (χ2n) is 20.7. The van der Waals surface area contributed by atoms with E-state index in [4.69, 9.17) is 9.97 Å². The molecule has 8 aromatic rings. The number of aryl methyl sites for hydroxylation is 6. The maximum Gasteiger partial charge on any atom is 0.335 e. The lowest BCUT2D eigenvalue weighted by Crippen LogP contribution is -2.12. The zero-order valence-electron chi connectivity index (χ0n) is 44.8. The van der Waals surface area contributed by atoms with Gasteiger partial charge < -0.3 is 20.0 Å². The molecule has 0 amide bonds. The van der Waals surface area contributed by atoms with E-state index in [1.165, 1.54) is 62.5 Å². The number of unbranched alkanes of at least 4 members (excludes halogenated alkanes) is 6. The van der Waals surface area contributed by atoms with Crippen LogP contribution < -0.4 is 4.90 Å². The van der Waals surface area contributed by atoms with Crippen molar-refractivity contribution in [3.05, 3.63) is 206 Å². The minimum atomic E-state index is -0.978. The molecule has 0 atom stereocenters. The molecular weight excluding hydrogens is 931 g/mol. The molecular formula is C69H67N5O2. The second-order valence-corrected chi connectivity index (χ2v) is 20.7. The van der Waals surface area contributed by atoms with E-state index in [2.05, 4.69) is 202 Å². The SMILES string of the molecule is CCCCCCc1ccc(N(c2ccc(CCCCCC)cc2)c2c3nc(c(-c4cc(C)cc(C)c4)c4ccc([nH]4)c(C#Cc4ccc(C(=O)O)cc4)c4nc(c(-c5cc(C)cc(C)c5)c5ccc2[nH]5)C=C4)C=C3)cc1. The summed E-state index contributed by atoms with van der Waals surface area (Å²) in [5.74, 6) is 5.85. The van der Waals surface area contributed by atoms with Gasteiger partial charge in [-0.3, -0.25) is 0 Å². The Morgan fingerprint density at radius 3 is 1.43 bits per heavy atom. The first-order valence-corrected chi connectivity index (χ1v) is 27.2. The fourth-order valence-electron chi connectivity index (χ4n) is 10.8. The first-order valence-electron chi connectivity index (χ1n) is 27.2. The Hall–Kier alpha value is -8.47. The number of carbonyl (C=O) groups is 1. The highest BCUT2D eigenvalue weighted by Gasteiger charge is 2.23. The standard InChI is InChI=1S/C69H67N5O2/c1-7-9-11-13-15-49-19-26-55(27-20-49)74(56-28-21-50(22-29-56)16-14-12-10-8-2)68-64-37-35-62(72-64)66(53-41-45(3)39-46(4)42-53)60-33-31-58(70-60)57(30-23-51-17-24-52(25-18-51)69(75)76)59-32-34-61(71-59)67(63-36-38-65(68)73-63)54-43-47(5)40-48(6)44-54/h17-22,24-29,31-44,70,73H,7-16H2,1-6H3,(H,75,76). The third kappa shape index (κ3) is 11.4. The van der Waals surface area contributed by atoms with Crippen molar-refractivity contribution in [1.82, 2.24) is 19.9 Å². The fraction of sp³-hybridized carbons (Fsp3) is 0.232. The number of carboxylic acids is 1. The van der Waals surface area contributed by atoms with E-state index in [0.717, 1.165) is 114 Å². The van der Waals surface area contributed by atoms with E-state index < -0.39 is 5.97 Å². The molecule has 0 fully saturated rings. The number of carboxylic acid groups (broad SMARTS) is 1. The van der Waals surface area contributed by atoms with Crippen LogP contribution in [0, 0.1) is 39.5 Å². The molecule has 7 nitrogen and oxygen atoms in total. The van der Waals surface area contributed by atoms with Crippen molar-refractivity contribution in [3.8, 4) is 34.1 Å². The van der Waals surface area contributed by atoms with E-state index in [1.54, 1.807) is 24.3 Å². The Bertz CT molecular complexity index is 3600. The van der Waals surface area contributed by atoms with Gasteiger partial charge in [0.05, 0.1) is 50.6 Å². The monoisotopic (exact) mass is 998 g/mol. The molecule has 0 aliphatic carbocycles. The third-order valence-electron chi connectivity index (χ3n) is 14.5. The molecule has 8 bridgehead atoms. The molecule has 76 heavy (non-hydrogen) atoms. The number of aromatic carboxylic acids is 1. The number of fused-ring (bicyclic) bond motifs is 8. The van der Waals surface area contributed by atoms with E-state index in [1.807, 2.05) is 0 Å². The normalized spacial score (nSPS) is 11.7. The van der Waals surface area contributed by atoms with Gasteiger partial charge in [-0.05, 0) is 173 Å². The van der Waals surface area contributed by atoms with Crippen molar-refractivity contribution in [2.24, 2.45) is 0 Å². The van der Waals surface area contributed by atoms with Crippen LogP contribution in [0.4, 0.5) is 17.1 Å². The first-order chi connectivity index (χ1) is 37.0. The molecule has 7 heteroatoms. The summed E-state index contributed by atoms with van der Waals surface area (Å²) >= 11 is 0. The maximum absolute atomic E-state index is 11.7. The van der Waals surface area contributed by atoms with Crippen molar-refractivity contribution < 1.29 is 9.90 Å². The number of rotatable bonds is 16. The topological polar surface area (TPSA) is 97.9 Å². The predicted molar refractivity (Wildman–Crippen MR) is 318 cm³/mol. The summed E-state index contributed by atoms with van der Waals surface area (Å²) in [5, 5.41) is 9.62. The molecule has 380 valence electrons. The van der Waals surface area contributed by atoms with Crippen molar-refractivity contribution in [2.45, 2.75) is 106 Å². The zero-order chi connectivity index (χ0) is 52.7. The Balaban J connectivity index is 1.29. The van der Waals surface area contributed by atoms with Crippen molar-refractivity contribution >= 4 is 69.4 Å². The van der Waals surface area contributed by atoms with Gasteiger partial charge in [-0.25, -0.2) is 14.8 Å². The first kappa shape index (κ1) is 51.0. The fourth-order valence-corrected chi connectivity index (χ4v) is 10.8. The highest BCUT2D eigenvalue weighted by molar-refractivity contribution is 6.00. The largest absolute Gasteiger partial charge is 0.478 e. The van der Waals surface area contributed by atoms with E-state index >= 15 is 0 Å². The molecule has 0 spiro atoms. The minimum absolute atomic E-state index is 0.210. The summed E-state index contributed by atoms with van der Waals surface area (Å²) in [4.78, 5) is 33.1. The van der Waals surface area contributed by atoms with Crippen molar-refractivity contribution in [1.29, 1.82) is 0 Å². The number of hydrogen-bond donors (Lipinski definition) is 3. The molecule has 0 saturated carbocycles. The highest BCUT2D eigenvalue weighted by Crippen LogP contribution is 2.43. The number of benzene rings is 5. The number of aromatic amines is 2. The van der Waals surface area contributed by atoms with Gasteiger partial charge in [-0.1, -0.05) is 147 Å². The lowest BCUT2D eigenvalue weighted by Gasteiger charge is -2.26. The summed E-state index contributed by atoms with van der Waals surface area (Å²) in [6.07, 6.45) is 20.4. The van der Waals surface area contributed by atoms with Gasteiger partial charge in [0.1, 0.15) is 0 Å². The molecule has 2 aliphatic rings. The number of hydrogen-bond acceptors (Lipinski definition) is 4. The van der Waals surface area contributed by atoms with Crippen LogP contribution in [0.1, 0.15) is 143 Å². The smallest absolute Gasteiger partial charge is 0.335 e. The average molecular weight is 998 g/mol. The summed E-state index contributed by atoms with van der Waals surface area (Å²) in [6.45, 7) is 13.1. The molecule has 5 heterocycles. The lowest BCUT2D eigenvalue weighted by molar-refractivity contribution is 0.0697. The summed E-state index contributed by atoms with van der Waals surface area (Å²) in [7, 11) is 0. The molecule has 5 aromatic carbocycles. The molecule has 3 N–H and O–H groups in total. The number of nitrogens with zero attached hydrogens (tertiary/aromatic N) is 3. The zero-order valence-corrected chi connectivity index (χ0v) is 44.8. The van der Waals surface area contributed by atoms with Gasteiger partial charge in [-0.2, -0.15) is 0 Å². The van der Waals surface area contributed by atoms with Crippen LogP contribution in [0.5, 0.6) is 0 Å². The van der Waals surface area contributed by atoms with Gasteiger partial charge in [0.25, 0.3) is 0 Å². The van der Waals surface area contributed by atoms with Gasteiger partial charge in [-0.15, -0.1) is 0 Å². The van der Waals surface area contributed by atoms with Crippen LogP contribution in [-0.4, -0.2) is 31.0 Å². The quantitative estimate of drug-likeness (QED) is 0.0662. The van der Waals surface area contributed by atoms with E-state index in [-0.39, 0.29) is 5.56 Å². The van der Waals surface area contributed by atoms with Gasteiger partial charge >= 0.3 is 5.97 Å². The van der Waals surface area contributed by atoms with Crippen LogP contribution in [0.3, 0.4) is 0 Å². The summed E-state index contributed by atoms with van der Waals surface area (Å²) in [6, 6.07) is 47.0. The van der Waals surface area contributed by atoms with Crippen LogP contribution in [0.25, 0.3) is 68.6 Å². The maximum atomic E-state index is 11.7. The number of nitrogens with one attached hydrogen (secondary N) is 2. The Morgan fingerprint density at radius 1 is 0.487 bits per heavy atom. The third-order valence-corrected chi connectivity index (χ3v) is 14.5. The van der Waals surface area contributed by atoms with Crippen LogP contribution in [0.2, 0.25) is 0 Å². The van der Waals surface area contributed by atoms with Crippen molar-refractivity contribution in [3.63, 3.8) is 0 Å². The van der Waals surface area contributed by atoms with Crippen LogP contribution >= 0.6 is 0 Å². The lowest BCUT2D eigenvalue weighted by atomic mass is 9.99. The van der Waals surface area contributed by atoms with Crippen molar-refractivity contribution in [2.75, 3.05) is 4.90 Å². The second kappa shape index (κ2) is 23.0. The summed E-state index contributed by atoms with van der Waals surface area (Å²) in [5.41, 5.74) is 22.7. The molecule has 0 unspecified atom stereocenters. The van der Waals surface area contributed by atoms with E-state index in [9.17, 15) is 9.90 Å². The molecule has 3 aromatic heterocycles. The predicted octanol–water partition coefficient (Wildman–Crippen LogP) is 18.0. The van der Waals surface area contributed by atoms with E-state index in [0.29, 0.717) is 16.8 Å². The van der Waals surface area contributed by atoms with Gasteiger partial charge in [0, 0.05) is 39.1 Å². The average Bonchev–Trinajstić information content (AvgIpc) is 4.28. The minimum Gasteiger partial charge on any atom is -0.478 e. The molecule has 2 aliphatic heterocycles. The molecule has 0 radical (unpaired) electrons. The number of H-pyrrole nitrogens is 2. The molecule has 10 rings (SSSR count). The number of aromatic nitrogens is 4. The van der Waals surface area contributed by atoms with Gasteiger partial charge in [0.2, 0.25) is 0 Å². The summed E-state index contributed by atoms with van der Waals surface area (Å²) < 4.78 is 0.